The molecule has 3 rings (SSSR count). The van der Waals surface area contributed by atoms with E-state index in [9.17, 15) is 4.79 Å². The smallest absolute Gasteiger partial charge is 0.185 e. The Morgan fingerprint density at radius 3 is 2.68 bits per heavy atom. The van der Waals surface area contributed by atoms with E-state index >= 15 is 0 Å². The summed E-state index contributed by atoms with van der Waals surface area (Å²) in [5.41, 5.74) is 2.11. The zero-order chi connectivity index (χ0) is 17.8. The van der Waals surface area contributed by atoms with E-state index in [2.05, 4.69) is 27.6 Å². The zero-order valence-electron chi connectivity index (χ0n) is 13.5. The fourth-order valence-corrected chi connectivity index (χ4v) is 2.96. The second-order valence-corrected chi connectivity index (χ2v) is 6.96. The van der Waals surface area contributed by atoms with Crippen molar-refractivity contribution in [1.29, 1.82) is 0 Å². The third kappa shape index (κ3) is 4.38. The van der Waals surface area contributed by atoms with Gasteiger partial charge < -0.3 is 4.74 Å². The van der Waals surface area contributed by atoms with Crippen molar-refractivity contribution in [3.05, 3.63) is 74.5 Å². The van der Waals surface area contributed by atoms with Crippen LogP contribution < -0.4 is 4.74 Å². The number of carbonyl (C=O) groups excluding carboxylic acids is 1. The molecule has 2 aromatic carbocycles. The van der Waals surface area contributed by atoms with Crippen molar-refractivity contribution in [2.45, 2.75) is 6.92 Å². The van der Waals surface area contributed by atoms with E-state index in [0.717, 1.165) is 20.2 Å². The van der Waals surface area contributed by atoms with E-state index < -0.39 is 0 Å². The molecule has 0 N–H and O–H groups in total. The van der Waals surface area contributed by atoms with Crippen LogP contribution in [0.2, 0.25) is 5.15 Å². The molecule has 0 atom stereocenters. The highest BCUT2D eigenvalue weighted by Gasteiger charge is 2.06. The van der Waals surface area contributed by atoms with E-state index in [1.165, 1.54) is 6.08 Å². The molecular formula is C20H15ClINO2. The Kier molecular flexibility index (Phi) is 5.71. The van der Waals surface area contributed by atoms with Gasteiger partial charge in [-0.3, -0.25) is 4.79 Å². The van der Waals surface area contributed by atoms with Crippen molar-refractivity contribution in [1.82, 2.24) is 4.98 Å². The van der Waals surface area contributed by atoms with Crippen molar-refractivity contribution in [2.24, 2.45) is 0 Å². The first-order valence-electron chi connectivity index (χ1n) is 7.78. The number of hydrogen-bond donors (Lipinski definition) is 0. The van der Waals surface area contributed by atoms with E-state index in [1.807, 2.05) is 55.5 Å². The number of ketones is 1. The number of fused-ring (bicyclic) bond motifs is 1. The average molecular weight is 464 g/mol. The quantitative estimate of drug-likeness (QED) is 0.208. The monoisotopic (exact) mass is 463 g/mol. The number of halogens is 2. The van der Waals surface area contributed by atoms with Crippen LogP contribution in [0, 0.1) is 3.57 Å². The molecule has 126 valence electrons. The molecule has 0 fully saturated rings. The molecule has 0 unspecified atom stereocenters. The standard InChI is InChI=1S/C20H15ClINO2/c1-2-25-17-9-5-14-11-15(20(21)23-18(14)12-17)6-10-19(24)13-3-7-16(22)8-4-13/h3-12H,2H2,1H3. The van der Waals surface area contributed by atoms with Gasteiger partial charge >= 0.3 is 0 Å². The molecule has 0 bridgehead atoms. The van der Waals surface area contributed by atoms with Gasteiger partial charge in [0.05, 0.1) is 12.1 Å². The Labute approximate surface area is 164 Å². The fraction of sp³-hybridized carbons (Fsp3) is 0.100. The zero-order valence-corrected chi connectivity index (χ0v) is 16.4. The van der Waals surface area contributed by atoms with Crippen LogP contribution in [0.3, 0.4) is 0 Å². The van der Waals surface area contributed by atoms with Crippen LogP contribution in [0.5, 0.6) is 5.75 Å². The molecule has 0 aliphatic carbocycles. The molecule has 0 aliphatic heterocycles. The van der Waals surface area contributed by atoms with Crippen molar-refractivity contribution in [2.75, 3.05) is 6.61 Å². The summed E-state index contributed by atoms with van der Waals surface area (Å²) in [5, 5.41) is 1.29. The maximum atomic E-state index is 12.3. The molecule has 5 heteroatoms. The number of carbonyl (C=O) groups is 1. The van der Waals surface area contributed by atoms with E-state index in [4.69, 9.17) is 16.3 Å². The Balaban J connectivity index is 1.87. The minimum Gasteiger partial charge on any atom is -0.494 e. The van der Waals surface area contributed by atoms with Crippen LogP contribution >= 0.6 is 34.2 Å². The first kappa shape index (κ1) is 17.9. The number of nitrogens with zero attached hydrogens (tertiary/aromatic N) is 1. The minimum atomic E-state index is -0.0701. The van der Waals surface area contributed by atoms with Crippen LogP contribution in [0.1, 0.15) is 22.8 Å². The lowest BCUT2D eigenvalue weighted by Gasteiger charge is -2.06. The average Bonchev–Trinajstić information content (AvgIpc) is 2.60. The van der Waals surface area contributed by atoms with Crippen molar-refractivity contribution in [3.8, 4) is 5.75 Å². The molecular weight excluding hydrogens is 449 g/mol. The minimum absolute atomic E-state index is 0.0701. The number of benzene rings is 2. The fourth-order valence-electron chi connectivity index (χ4n) is 2.39. The van der Waals surface area contributed by atoms with Gasteiger partial charge in [0.1, 0.15) is 10.9 Å². The van der Waals surface area contributed by atoms with Crippen molar-refractivity contribution < 1.29 is 9.53 Å². The summed E-state index contributed by atoms with van der Waals surface area (Å²) < 4.78 is 6.57. The lowest BCUT2D eigenvalue weighted by molar-refractivity contribution is 0.104. The highest BCUT2D eigenvalue weighted by Crippen LogP contribution is 2.25. The molecule has 0 radical (unpaired) electrons. The van der Waals surface area contributed by atoms with Gasteiger partial charge in [-0.25, -0.2) is 4.98 Å². The predicted molar refractivity (Wildman–Crippen MR) is 110 cm³/mol. The number of aromatic nitrogens is 1. The number of rotatable bonds is 5. The number of pyridine rings is 1. The van der Waals surface area contributed by atoms with E-state index in [1.54, 1.807) is 6.08 Å². The van der Waals surface area contributed by atoms with E-state index in [-0.39, 0.29) is 5.78 Å². The van der Waals surface area contributed by atoms with Crippen LogP contribution in [0.15, 0.2) is 54.6 Å². The third-order valence-electron chi connectivity index (χ3n) is 3.62. The number of ether oxygens (including phenoxy) is 1. The molecule has 3 aromatic rings. The Morgan fingerprint density at radius 1 is 1.20 bits per heavy atom. The normalized spacial score (nSPS) is 11.2. The molecule has 0 aliphatic rings. The summed E-state index contributed by atoms with van der Waals surface area (Å²) >= 11 is 8.47. The van der Waals surface area contributed by atoms with Crippen LogP contribution in [0.4, 0.5) is 0 Å². The second kappa shape index (κ2) is 7.97. The van der Waals surface area contributed by atoms with Gasteiger partial charge in [0, 0.05) is 26.1 Å². The Bertz CT molecular complexity index is 952. The lowest BCUT2D eigenvalue weighted by atomic mass is 10.1. The molecule has 0 spiro atoms. The molecule has 0 amide bonds. The Morgan fingerprint density at radius 2 is 1.96 bits per heavy atom. The highest BCUT2D eigenvalue weighted by molar-refractivity contribution is 14.1. The highest BCUT2D eigenvalue weighted by atomic mass is 127. The second-order valence-electron chi connectivity index (χ2n) is 5.36. The van der Waals surface area contributed by atoms with Crippen LogP contribution in [0.25, 0.3) is 17.0 Å². The van der Waals surface area contributed by atoms with Gasteiger partial charge in [0.25, 0.3) is 0 Å². The maximum absolute atomic E-state index is 12.3. The molecule has 1 aromatic heterocycles. The molecule has 1 heterocycles. The van der Waals surface area contributed by atoms with Crippen LogP contribution in [-0.4, -0.2) is 17.4 Å². The molecule has 3 nitrogen and oxygen atoms in total. The maximum Gasteiger partial charge on any atom is 0.185 e. The predicted octanol–water partition coefficient (Wildman–Crippen LogP) is 5.79. The summed E-state index contributed by atoms with van der Waals surface area (Å²) in [6, 6.07) is 15.0. The first-order valence-corrected chi connectivity index (χ1v) is 9.23. The third-order valence-corrected chi connectivity index (χ3v) is 4.65. The Hall–Kier alpha value is -1.92. The van der Waals surface area contributed by atoms with Gasteiger partial charge in [-0.15, -0.1) is 0 Å². The lowest BCUT2D eigenvalue weighted by Crippen LogP contribution is -1.94. The van der Waals surface area contributed by atoms with Gasteiger partial charge in [-0.05, 0) is 72.0 Å². The summed E-state index contributed by atoms with van der Waals surface area (Å²) in [7, 11) is 0. The molecule has 0 saturated carbocycles. The van der Waals surface area contributed by atoms with Gasteiger partial charge in [-0.2, -0.15) is 0 Å². The van der Waals surface area contributed by atoms with Gasteiger partial charge in [0.15, 0.2) is 5.78 Å². The largest absolute Gasteiger partial charge is 0.494 e. The van der Waals surface area contributed by atoms with E-state index in [0.29, 0.717) is 22.9 Å². The number of allylic oxidation sites excluding steroid dienone is 1. The van der Waals surface area contributed by atoms with Crippen molar-refractivity contribution >= 4 is 57.0 Å². The summed E-state index contributed by atoms with van der Waals surface area (Å²) in [5.74, 6) is 0.690. The first-order chi connectivity index (χ1) is 12.1. The topological polar surface area (TPSA) is 39.2 Å². The molecule has 25 heavy (non-hydrogen) atoms. The van der Waals surface area contributed by atoms with Crippen LogP contribution in [-0.2, 0) is 0 Å². The summed E-state index contributed by atoms with van der Waals surface area (Å²) in [6.45, 7) is 2.53. The summed E-state index contributed by atoms with van der Waals surface area (Å²) in [4.78, 5) is 16.7. The molecule has 0 saturated heterocycles. The van der Waals surface area contributed by atoms with Gasteiger partial charge in [0.2, 0.25) is 0 Å². The van der Waals surface area contributed by atoms with Crippen molar-refractivity contribution in [3.63, 3.8) is 0 Å². The SMILES string of the molecule is CCOc1ccc2cc(C=CC(=O)c3ccc(I)cc3)c(Cl)nc2c1. The summed E-state index contributed by atoms with van der Waals surface area (Å²) in [6.07, 6.45) is 3.22. The number of hydrogen-bond acceptors (Lipinski definition) is 3. The van der Waals surface area contributed by atoms with Gasteiger partial charge in [-0.1, -0.05) is 23.7 Å².